The van der Waals surface area contributed by atoms with Gasteiger partial charge in [-0.1, -0.05) is 6.42 Å². The summed E-state index contributed by atoms with van der Waals surface area (Å²) in [7, 11) is 1.79. The number of hydrogen-bond donors (Lipinski definition) is 2. The second kappa shape index (κ2) is 8.46. The lowest BCUT2D eigenvalue weighted by atomic mass is 10.2. The Bertz CT molecular complexity index is 529. The minimum atomic E-state index is 0.540. The van der Waals surface area contributed by atoms with Gasteiger partial charge in [-0.2, -0.15) is 26.7 Å². The molecular formula is C13H21N7S. The number of imidazole rings is 1. The molecule has 21 heavy (non-hydrogen) atoms. The van der Waals surface area contributed by atoms with Crippen LogP contribution >= 0.6 is 11.8 Å². The van der Waals surface area contributed by atoms with Crippen molar-refractivity contribution in [3.63, 3.8) is 0 Å². The first-order chi connectivity index (χ1) is 10.3. The zero-order valence-electron chi connectivity index (χ0n) is 12.4. The summed E-state index contributed by atoms with van der Waals surface area (Å²) in [6, 6.07) is 0. The summed E-state index contributed by atoms with van der Waals surface area (Å²) in [5, 5.41) is 6.21. The van der Waals surface area contributed by atoms with Crippen molar-refractivity contribution in [2.45, 2.75) is 19.3 Å². The average Bonchev–Trinajstić information content (AvgIpc) is 3.05. The lowest BCUT2D eigenvalue weighted by Gasteiger charge is -2.08. The molecule has 0 fully saturated rings. The molecule has 0 amide bonds. The third-order valence-electron chi connectivity index (χ3n) is 2.89. The van der Waals surface area contributed by atoms with Crippen LogP contribution in [0.3, 0.4) is 0 Å². The monoisotopic (exact) mass is 307 g/mol. The van der Waals surface area contributed by atoms with Crippen molar-refractivity contribution >= 4 is 23.7 Å². The largest absolute Gasteiger partial charge is 0.357 e. The molecule has 0 atom stereocenters. The highest BCUT2D eigenvalue weighted by Crippen LogP contribution is 2.09. The topological polar surface area (TPSA) is 80.5 Å². The summed E-state index contributed by atoms with van der Waals surface area (Å²) in [5.41, 5.74) is 0. The Balaban J connectivity index is 1.94. The minimum absolute atomic E-state index is 0.540. The van der Waals surface area contributed by atoms with Gasteiger partial charge in [0.15, 0.2) is 0 Å². The van der Waals surface area contributed by atoms with Gasteiger partial charge in [0.1, 0.15) is 6.33 Å². The molecule has 2 aromatic rings. The first-order valence-corrected chi connectivity index (χ1v) is 8.38. The predicted octanol–water partition coefficient (Wildman–Crippen LogP) is 2.04. The molecule has 7 nitrogen and oxygen atoms in total. The lowest BCUT2D eigenvalue weighted by molar-refractivity contribution is 0.744. The Morgan fingerprint density at radius 1 is 1.14 bits per heavy atom. The molecule has 0 aromatic carbocycles. The number of anilines is 2. The van der Waals surface area contributed by atoms with E-state index in [1.807, 2.05) is 11.8 Å². The van der Waals surface area contributed by atoms with E-state index in [0.29, 0.717) is 17.8 Å². The summed E-state index contributed by atoms with van der Waals surface area (Å²) < 4.78 is 1.76. The van der Waals surface area contributed by atoms with Crippen molar-refractivity contribution in [1.29, 1.82) is 0 Å². The average molecular weight is 307 g/mol. The van der Waals surface area contributed by atoms with Crippen molar-refractivity contribution in [3.05, 3.63) is 18.7 Å². The quantitative estimate of drug-likeness (QED) is 0.686. The molecule has 2 heterocycles. The van der Waals surface area contributed by atoms with Crippen molar-refractivity contribution in [3.8, 4) is 5.95 Å². The van der Waals surface area contributed by atoms with Gasteiger partial charge in [-0.15, -0.1) is 0 Å². The predicted molar refractivity (Wildman–Crippen MR) is 87.2 cm³/mol. The molecule has 0 radical (unpaired) electrons. The van der Waals surface area contributed by atoms with Crippen LogP contribution in [-0.2, 0) is 0 Å². The van der Waals surface area contributed by atoms with E-state index in [1.165, 1.54) is 18.6 Å². The van der Waals surface area contributed by atoms with Crippen molar-refractivity contribution in [2.75, 3.05) is 36.2 Å². The van der Waals surface area contributed by atoms with Gasteiger partial charge in [0.25, 0.3) is 0 Å². The Hall–Kier alpha value is -1.83. The standard InChI is InChI=1S/C13H21N7S/c1-14-11-17-12(16-6-4-3-5-9-21-2)19-13(18-11)20-8-7-15-10-20/h7-8,10H,3-6,9H2,1-2H3,(H2,14,16,17,18,19). The fraction of sp³-hybridized carbons (Fsp3) is 0.538. The third-order valence-corrected chi connectivity index (χ3v) is 3.59. The van der Waals surface area contributed by atoms with Crippen molar-refractivity contribution < 1.29 is 0 Å². The molecule has 2 rings (SSSR count). The van der Waals surface area contributed by atoms with Crippen LogP contribution in [0, 0.1) is 0 Å². The number of unbranched alkanes of at least 4 members (excludes halogenated alkanes) is 2. The lowest BCUT2D eigenvalue weighted by Crippen LogP contribution is -2.11. The smallest absolute Gasteiger partial charge is 0.241 e. The van der Waals surface area contributed by atoms with Crippen LogP contribution in [-0.4, -0.2) is 50.1 Å². The molecule has 0 saturated carbocycles. The van der Waals surface area contributed by atoms with Crippen LogP contribution in [0.2, 0.25) is 0 Å². The highest BCUT2D eigenvalue weighted by molar-refractivity contribution is 7.98. The fourth-order valence-corrected chi connectivity index (χ4v) is 2.29. The van der Waals surface area contributed by atoms with Gasteiger partial charge in [-0.05, 0) is 24.9 Å². The molecule has 0 saturated heterocycles. The number of nitrogens with one attached hydrogen (secondary N) is 2. The zero-order chi connectivity index (χ0) is 14.9. The SMILES string of the molecule is CNc1nc(NCCCCCSC)nc(-n2ccnc2)n1. The van der Waals surface area contributed by atoms with E-state index in [4.69, 9.17) is 0 Å². The van der Waals surface area contributed by atoms with Gasteiger partial charge in [0.2, 0.25) is 17.8 Å². The van der Waals surface area contributed by atoms with E-state index in [0.717, 1.165) is 13.0 Å². The first-order valence-electron chi connectivity index (χ1n) is 6.98. The Morgan fingerprint density at radius 2 is 2.00 bits per heavy atom. The molecule has 0 aliphatic carbocycles. The maximum absolute atomic E-state index is 4.40. The van der Waals surface area contributed by atoms with Crippen LogP contribution in [0.25, 0.3) is 5.95 Å². The van der Waals surface area contributed by atoms with E-state index in [9.17, 15) is 0 Å². The second-order valence-corrected chi connectivity index (χ2v) is 5.47. The number of thioether (sulfide) groups is 1. The van der Waals surface area contributed by atoms with E-state index >= 15 is 0 Å². The third kappa shape index (κ3) is 4.89. The molecule has 2 N–H and O–H groups in total. The van der Waals surface area contributed by atoms with Gasteiger partial charge in [0, 0.05) is 26.0 Å². The Morgan fingerprint density at radius 3 is 2.71 bits per heavy atom. The number of hydrogen-bond acceptors (Lipinski definition) is 7. The molecule has 0 aliphatic heterocycles. The zero-order valence-corrected chi connectivity index (χ0v) is 13.2. The highest BCUT2D eigenvalue weighted by atomic mass is 32.2. The molecular weight excluding hydrogens is 286 g/mol. The van der Waals surface area contributed by atoms with Crippen molar-refractivity contribution in [1.82, 2.24) is 24.5 Å². The van der Waals surface area contributed by atoms with Gasteiger partial charge in [-0.25, -0.2) is 4.98 Å². The van der Waals surface area contributed by atoms with E-state index in [1.54, 1.807) is 30.3 Å². The summed E-state index contributed by atoms with van der Waals surface area (Å²) in [5.74, 6) is 2.90. The van der Waals surface area contributed by atoms with E-state index in [-0.39, 0.29) is 0 Å². The number of rotatable bonds is 9. The summed E-state index contributed by atoms with van der Waals surface area (Å²) in [6.45, 7) is 0.866. The Kier molecular flexibility index (Phi) is 6.26. The molecule has 0 bridgehead atoms. The summed E-state index contributed by atoms with van der Waals surface area (Å²) in [6.07, 6.45) is 10.9. The van der Waals surface area contributed by atoms with E-state index < -0.39 is 0 Å². The summed E-state index contributed by atoms with van der Waals surface area (Å²) in [4.78, 5) is 17.0. The van der Waals surface area contributed by atoms with Gasteiger partial charge in [0.05, 0.1) is 0 Å². The first kappa shape index (κ1) is 15.6. The van der Waals surface area contributed by atoms with Crippen LogP contribution in [0.15, 0.2) is 18.7 Å². The molecule has 2 aromatic heterocycles. The Labute approximate surface area is 129 Å². The molecule has 0 unspecified atom stereocenters. The van der Waals surface area contributed by atoms with Crippen LogP contribution in [0.1, 0.15) is 19.3 Å². The minimum Gasteiger partial charge on any atom is -0.357 e. The normalized spacial score (nSPS) is 10.6. The maximum Gasteiger partial charge on any atom is 0.241 e. The second-order valence-electron chi connectivity index (χ2n) is 4.48. The number of aromatic nitrogens is 5. The highest BCUT2D eigenvalue weighted by Gasteiger charge is 2.06. The van der Waals surface area contributed by atoms with Gasteiger partial charge < -0.3 is 10.6 Å². The van der Waals surface area contributed by atoms with Crippen molar-refractivity contribution in [2.24, 2.45) is 0 Å². The van der Waals surface area contributed by atoms with Gasteiger partial charge in [-0.3, -0.25) is 4.57 Å². The number of nitrogens with zero attached hydrogens (tertiary/aromatic N) is 5. The molecule has 8 heteroatoms. The summed E-state index contributed by atoms with van der Waals surface area (Å²) >= 11 is 1.89. The van der Waals surface area contributed by atoms with Crippen LogP contribution in [0.4, 0.5) is 11.9 Å². The molecule has 0 aliphatic rings. The fourth-order valence-electron chi connectivity index (χ4n) is 1.80. The van der Waals surface area contributed by atoms with Gasteiger partial charge >= 0.3 is 0 Å². The van der Waals surface area contributed by atoms with Crippen LogP contribution < -0.4 is 10.6 Å². The van der Waals surface area contributed by atoms with E-state index in [2.05, 4.69) is 36.8 Å². The molecule has 114 valence electrons. The molecule has 0 spiro atoms. The van der Waals surface area contributed by atoms with Crippen LogP contribution in [0.5, 0.6) is 0 Å². The maximum atomic E-state index is 4.40.